The van der Waals surface area contributed by atoms with Crippen LogP contribution >= 0.6 is 11.6 Å². The molecule has 2 aliphatic carbocycles. The van der Waals surface area contributed by atoms with Crippen LogP contribution in [0, 0.1) is 24.7 Å². The number of anilines is 2. The van der Waals surface area contributed by atoms with Crippen LogP contribution in [-0.4, -0.2) is 22.1 Å². The van der Waals surface area contributed by atoms with Crippen LogP contribution in [0.15, 0.2) is 42.6 Å². The molecule has 1 amide bonds. The molecule has 6 heteroatoms. The Labute approximate surface area is 173 Å². The number of aryl methyl sites for hydroxylation is 1. The highest BCUT2D eigenvalue weighted by Gasteiger charge is 2.59. The van der Waals surface area contributed by atoms with Crippen LogP contribution in [0.1, 0.15) is 18.4 Å². The first-order chi connectivity index (χ1) is 13.9. The Morgan fingerprint density at radius 3 is 2.62 bits per heavy atom. The molecule has 148 valence electrons. The van der Waals surface area contributed by atoms with Crippen LogP contribution in [0.5, 0.6) is 0 Å². The fourth-order valence-corrected chi connectivity index (χ4v) is 5.17. The van der Waals surface area contributed by atoms with Gasteiger partial charge in [-0.2, -0.15) is 0 Å². The smallest absolute Gasteiger partial charge is 0.229 e. The summed E-state index contributed by atoms with van der Waals surface area (Å²) in [6.07, 6.45) is 2.84. The molecule has 0 radical (unpaired) electrons. The lowest BCUT2D eigenvalue weighted by atomic mass is 9.97. The Bertz CT molecular complexity index is 1130. The minimum Gasteiger partial charge on any atom is -0.398 e. The second-order valence-corrected chi connectivity index (χ2v) is 8.60. The molecule has 29 heavy (non-hydrogen) atoms. The van der Waals surface area contributed by atoms with E-state index in [1.54, 1.807) is 12.3 Å². The summed E-state index contributed by atoms with van der Waals surface area (Å²) in [4.78, 5) is 17.0. The van der Waals surface area contributed by atoms with E-state index in [9.17, 15) is 9.90 Å². The van der Waals surface area contributed by atoms with Gasteiger partial charge in [0.1, 0.15) is 5.82 Å². The lowest BCUT2D eigenvalue weighted by molar-refractivity contribution is -0.118. The van der Waals surface area contributed by atoms with Crippen LogP contribution in [0.4, 0.5) is 11.5 Å². The molecule has 2 aromatic carbocycles. The van der Waals surface area contributed by atoms with Gasteiger partial charge in [0.25, 0.3) is 0 Å². The third-order valence-electron chi connectivity index (χ3n) is 6.40. The van der Waals surface area contributed by atoms with Crippen molar-refractivity contribution in [2.24, 2.45) is 17.8 Å². The van der Waals surface area contributed by atoms with Gasteiger partial charge in [-0.15, -0.1) is 0 Å². The first-order valence-corrected chi connectivity index (χ1v) is 10.2. The van der Waals surface area contributed by atoms with E-state index in [-0.39, 0.29) is 17.9 Å². The van der Waals surface area contributed by atoms with Crippen LogP contribution in [-0.2, 0) is 4.79 Å². The van der Waals surface area contributed by atoms with Gasteiger partial charge in [0.05, 0.1) is 11.1 Å². The van der Waals surface area contributed by atoms with Crippen LogP contribution in [0.25, 0.3) is 21.9 Å². The van der Waals surface area contributed by atoms with E-state index < -0.39 is 0 Å². The third-order valence-corrected chi connectivity index (χ3v) is 6.80. The number of aliphatic hydroxyl groups is 1. The van der Waals surface area contributed by atoms with Crippen LogP contribution < -0.4 is 11.1 Å². The summed E-state index contributed by atoms with van der Waals surface area (Å²) in [7, 11) is 0. The zero-order valence-corrected chi connectivity index (χ0v) is 16.8. The average molecular weight is 408 g/mol. The van der Waals surface area contributed by atoms with Gasteiger partial charge < -0.3 is 16.2 Å². The van der Waals surface area contributed by atoms with Gasteiger partial charge in [-0.05, 0) is 54.9 Å². The Morgan fingerprint density at radius 1 is 1.17 bits per heavy atom. The number of carbonyl (C=O) groups is 1. The second-order valence-electron chi connectivity index (χ2n) is 8.23. The van der Waals surface area contributed by atoms with Crippen molar-refractivity contribution in [3.05, 3.63) is 53.2 Å². The standard InChI is InChI=1S/C23H22ClN3O2/c1-11-4-2-3-5-13(11)16-8-19(25)18-10-26-20(9-17(18)22(16)24)27-23(29)21-14-6-12(28)7-15(14)21/h2-5,8-10,12,14-15,21,28H,6-7,25H2,1H3,(H,26,27,29)/t12?,14-,15+,21?. The van der Waals surface area contributed by atoms with Gasteiger partial charge in [-0.25, -0.2) is 4.98 Å². The number of carbonyl (C=O) groups excluding carboxylic acids is 1. The number of amides is 1. The van der Waals surface area contributed by atoms with E-state index in [1.807, 2.05) is 37.3 Å². The maximum atomic E-state index is 12.6. The maximum absolute atomic E-state index is 12.6. The Balaban J connectivity index is 1.49. The number of nitrogens with one attached hydrogen (secondary N) is 1. The van der Waals surface area contributed by atoms with Crippen molar-refractivity contribution >= 4 is 39.8 Å². The number of aliphatic hydroxyl groups excluding tert-OH is 1. The van der Waals surface area contributed by atoms with Crippen molar-refractivity contribution in [1.82, 2.24) is 4.98 Å². The van der Waals surface area contributed by atoms with Crippen LogP contribution in [0.2, 0.25) is 5.02 Å². The minimum absolute atomic E-state index is 0.0188. The molecule has 5 rings (SSSR count). The minimum atomic E-state index is -0.255. The molecule has 2 saturated carbocycles. The zero-order valence-electron chi connectivity index (χ0n) is 16.0. The van der Waals surface area contributed by atoms with Gasteiger partial charge in [0.15, 0.2) is 0 Å². The van der Waals surface area contributed by atoms with E-state index in [0.29, 0.717) is 28.4 Å². The molecule has 2 fully saturated rings. The van der Waals surface area contributed by atoms with Crippen molar-refractivity contribution in [3.8, 4) is 11.1 Å². The molecule has 1 aromatic heterocycles. The molecule has 2 aliphatic rings. The molecular weight excluding hydrogens is 386 g/mol. The van der Waals surface area contributed by atoms with Gasteiger partial charge >= 0.3 is 0 Å². The predicted octanol–water partition coefficient (Wildman–Crippen LogP) is 4.40. The first-order valence-electron chi connectivity index (χ1n) is 9.86. The lowest BCUT2D eigenvalue weighted by Gasteiger charge is -2.14. The van der Waals surface area contributed by atoms with E-state index in [4.69, 9.17) is 17.3 Å². The highest BCUT2D eigenvalue weighted by Crippen LogP contribution is 2.57. The monoisotopic (exact) mass is 407 g/mol. The van der Waals surface area contributed by atoms with E-state index in [0.717, 1.165) is 40.3 Å². The SMILES string of the molecule is Cc1ccccc1-c1cc(N)c2cnc(NC(=O)C3[C@H]4CC(O)C[C@@H]34)cc2c1Cl. The Hall–Kier alpha value is -2.63. The number of hydrogen-bond donors (Lipinski definition) is 3. The molecule has 5 nitrogen and oxygen atoms in total. The van der Waals surface area contributed by atoms with E-state index in [2.05, 4.69) is 10.3 Å². The van der Waals surface area contributed by atoms with Crippen molar-refractivity contribution < 1.29 is 9.90 Å². The maximum Gasteiger partial charge on any atom is 0.229 e. The molecule has 3 aromatic rings. The van der Waals surface area contributed by atoms with Crippen molar-refractivity contribution in [2.75, 3.05) is 11.1 Å². The fourth-order valence-electron chi connectivity index (χ4n) is 4.86. The number of halogens is 1. The van der Waals surface area contributed by atoms with E-state index >= 15 is 0 Å². The fraction of sp³-hybridized carbons (Fsp3) is 0.304. The summed E-state index contributed by atoms with van der Waals surface area (Å²) < 4.78 is 0. The number of nitrogens with zero attached hydrogens (tertiary/aromatic N) is 1. The number of nitrogens with two attached hydrogens (primary N) is 1. The summed E-state index contributed by atoms with van der Waals surface area (Å²) in [5.74, 6) is 1.03. The number of pyridine rings is 1. The summed E-state index contributed by atoms with van der Waals surface area (Å²) >= 11 is 6.77. The Morgan fingerprint density at radius 2 is 1.90 bits per heavy atom. The molecular formula is C23H22ClN3O2. The summed E-state index contributed by atoms with van der Waals surface area (Å²) in [5.41, 5.74) is 9.88. The van der Waals surface area contributed by atoms with Crippen molar-refractivity contribution in [2.45, 2.75) is 25.9 Å². The average Bonchev–Trinajstić information content (AvgIpc) is 3.22. The summed E-state index contributed by atoms with van der Waals surface area (Å²) in [5, 5.41) is 14.7. The Kier molecular flexibility index (Phi) is 4.26. The van der Waals surface area contributed by atoms with Gasteiger partial charge in [0.2, 0.25) is 5.91 Å². The zero-order chi connectivity index (χ0) is 20.3. The van der Waals surface area contributed by atoms with Gasteiger partial charge in [-0.3, -0.25) is 4.79 Å². The topological polar surface area (TPSA) is 88.2 Å². The normalized spacial score (nSPS) is 25.1. The lowest BCUT2D eigenvalue weighted by Crippen LogP contribution is -2.19. The molecule has 4 atom stereocenters. The second kappa shape index (κ2) is 6.71. The summed E-state index contributed by atoms with van der Waals surface area (Å²) in [6.45, 7) is 2.04. The predicted molar refractivity (Wildman–Crippen MR) is 116 cm³/mol. The first kappa shape index (κ1) is 18.4. The number of fused-ring (bicyclic) bond motifs is 2. The molecule has 0 saturated heterocycles. The number of benzene rings is 2. The highest BCUT2D eigenvalue weighted by atomic mass is 35.5. The largest absolute Gasteiger partial charge is 0.398 e. The van der Waals surface area contributed by atoms with E-state index in [1.165, 1.54) is 0 Å². The molecule has 2 unspecified atom stereocenters. The summed E-state index contributed by atoms with van der Waals surface area (Å²) in [6, 6.07) is 11.7. The number of rotatable bonds is 3. The molecule has 0 spiro atoms. The quantitative estimate of drug-likeness (QED) is 0.561. The number of nitrogen functional groups attached to an aromatic ring is 1. The van der Waals surface area contributed by atoms with Crippen molar-refractivity contribution in [1.29, 1.82) is 0 Å². The van der Waals surface area contributed by atoms with Crippen molar-refractivity contribution in [3.63, 3.8) is 0 Å². The van der Waals surface area contributed by atoms with Crippen LogP contribution in [0.3, 0.4) is 0 Å². The molecule has 1 heterocycles. The number of hydrogen-bond acceptors (Lipinski definition) is 4. The molecule has 4 N–H and O–H groups in total. The number of aromatic nitrogens is 1. The highest BCUT2D eigenvalue weighted by molar-refractivity contribution is 6.39. The third kappa shape index (κ3) is 3.05. The molecule has 0 aliphatic heterocycles. The molecule has 0 bridgehead atoms. The van der Waals surface area contributed by atoms with Gasteiger partial charge in [0, 0.05) is 34.1 Å². The van der Waals surface area contributed by atoms with Gasteiger partial charge in [-0.1, -0.05) is 35.9 Å².